The first-order valence-corrected chi connectivity index (χ1v) is 7.63. The number of amides is 1. The van der Waals surface area contributed by atoms with Crippen LogP contribution in [0.15, 0.2) is 42.5 Å². The maximum Gasteiger partial charge on any atom is 0.228 e. The average Bonchev–Trinajstić information content (AvgIpc) is 3.22. The minimum atomic E-state index is 0.234. The Kier molecular flexibility index (Phi) is 2.76. The highest BCUT2D eigenvalue weighted by Gasteiger charge is 2.54. The fourth-order valence-corrected chi connectivity index (χ4v) is 3.93. The molecule has 0 saturated heterocycles. The van der Waals surface area contributed by atoms with E-state index in [1.807, 2.05) is 24.3 Å². The number of benzene rings is 2. The Balaban J connectivity index is 1.57. The van der Waals surface area contributed by atoms with Crippen LogP contribution < -0.4 is 5.32 Å². The van der Waals surface area contributed by atoms with Crippen molar-refractivity contribution in [3.63, 3.8) is 0 Å². The molecule has 4 rings (SSSR count). The molecule has 2 saturated carbocycles. The van der Waals surface area contributed by atoms with Crippen LogP contribution in [0.25, 0.3) is 10.8 Å². The van der Waals surface area contributed by atoms with Gasteiger partial charge in [-0.2, -0.15) is 0 Å². The van der Waals surface area contributed by atoms with Crippen LogP contribution in [0.3, 0.4) is 0 Å². The molecule has 102 valence electrons. The van der Waals surface area contributed by atoms with Crippen LogP contribution in [0.2, 0.25) is 0 Å². The summed E-state index contributed by atoms with van der Waals surface area (Å²) in [6.07, 6.45) is 5.11. The second kappa shape index (κ2) is 4.62. The molecule has 0 aromatic heterocycles. The minimum absolute atomic E-state index is 0.234. The van der Waals surface area contributed by atoms with Crippen LogP contribution in [0.1, 0.15) is 25.7 Å². The lowest BCUT2D eigenvalue weighted by molar-refractivity contribution is -0.117. The summed E-state index contributed by atoms with van der Waals surface area (Å²) in [6, 6.07) is 14.3. The summed E-state index contributed by atoms with van der Waals surface area (Å²) in [5.74, 6) is 1.84. The standard InChI is InChI=1S/C18H19NO/c20-18(17-14-9-3-4-10-15(14)17)19-16-11-5-7-12-6-1-2-8-13(12)16/h1-2,5-8,11,14-15,17H,3-4,9-10H2,(H,19,20)/t14-,15+,17?. The SMILES string of the molecule is O=C(Nc1cccc2ccccc12)C1[C@H]2CCCC[C@@H]12. The highest BCUT2D eigenvalue weighted by atomic mass is 16.2. The Morgan fingerprint density at radius 1 is 0.950 bits per heavy atom. The van der Waals surface area contributed by atoms with Crippen molar-refractivity contribution in [2.24, 2.45) is 17.8 Å². The number of nitrogens with one attached hydrogen (secondary N) is 1. The van der Waals surface area contributed by atoms with Crippen molar-refractivity contribution in [2.75, 3.05) is 5.32 Å². The Morgan fingerprint density at radius 3 is 2.45 bits per heavy atom. The summed E-state index contributed by atoms with van der Waals surface area (Å²) in [4.78, 5) is 12.5. The molecule has 2 aromatic rings. The minimum Gasteiger partial charge on any atom is -0.325 e. The van der Waals surface area contributed by atoms with Crippen molar-refractivity contribution in [3.8, 4) is 0 Å². The third kappa shape index (κ3) is 1.91. The zero-order valence-corrected chi connectivity index (χ0v) is 11.5. The van der Waals surface area contributed by atoms with E-state index in [-0.39, 0.29) is 11.8 Å². The van der Waals surface area contributed by atoms with Gasteiger partial charge in [-0.25, -0.2) is 0 Å². The Hall–Kier alpha value is -1.83. The Morgan fingerprint density at radius 2 is 1.65 bits per heavy atom. The molecule has 0 bridgehead atoms. The van der Waals surface area contributed by atoms with E-state index in [0.29, 0.717) is 11.8 Å². The Labute approximate surface area is 119 Å². The van der Waals surface area contributed by atoms with Gasteiger partial charge >= 0.3 is 0 Å². The van der Waals surface area contributed by atoms with E-state index in [1.54, 1.807) is 0 Å². The molecule has 3 atom stereocenters. The summed E-state index contributed by atoms with van der Waals surface area (Å²) >= 11 is 0. The van der Waals surface area contributed by atoms with Gasteiger partial charge in [0.05, 0.1) is 0 Å². The molecule has 2 fully saturated rings. The second-order valence-electron chi connectivity index (χ2n) is 6.15. The number of hydrogen-bond acceptors (Lipinski definition) is 1. The van der Waals surface area contributed by atoms with Crippen LogP contribution >= 0.6 is 0 Å². The van der Waals surface area contributed by atoms with Gasteiger partial charge in [0.15, 0.2) is 0 Å². The van der Waals surface area contributed by atoms with Crippen molar-refractivity contribution >= 4 is 22.4 Å². The van der Waals surface area contributed by atoms with E-state index in [0.717, 1.165) is 11.1 Å². The first kappa shape index (κ1) is 12.0. The van der Waals surface area contributed by atoms with Gasteiger partial charge in [-0.3, -0.25) is 4.79 Å². The van der Waals surface area contributed by atoms with Crippen LogP contribution in [0.5, 0.6) is 0 Å². The van der Waals surface area contributed by atoms with Crippen LogP contribution in [0.4, 0.5) is 5.69 Å². The van der Waals surface area contributed by atoms with Gasteiger partial charge < -0.3 is 5.32 Å². The van der Waals surface area contributed by atoms with Crippen LogP contribution in [-0.4, -0.2) is 5.91 Å². The monoisotopic (exact) mass is 265 g/mol. The van der Waals surface area contributed by atoms with Crippen LogP contribution in [0, 0.1) is 17.8 Å². The zero-order valence-electron chi connectivity index (χ0n) is 11.5. The molecule has 0 radical (unpaired) electrons. The van der Waals surface area contributed by atoms with Gasteiger partial charge in [0, 0.05) is 17.0 Å². The van der Waals surface area contributed by atoms with E-state index in [9.17, 15) is 4.79 Å². The quantitative estimate of drug-likeness (QED) is 0.865. The molecule has 1 amide bonds. The van der Waals surface area contributed by atoms with E-state index in [4.69, 9.17) is 0 Å². The van der Waals surface area contributed by atoms with Gasteiger partial charge in [-0.05, 0) is 36.1 Å². The highest BCUT2D eigenvalue weighted by molar-refractivity contribution is 6.03. The third-order valence-corrected chi connectivity index (χ3v) is 5.01. The highest BCUT2D eigenvalue weighted by Crippen LogP contribution is 2.55. The largest absolute Gasteiger partial charge is 0.325 e. The first-order valence-electron chi connectivity index (χ1n) is 7.63. The third-order valence-electron chi connectivity index (χ3n) is 5.01. The lowest BCUT2D eigenvalue weighted by Crippen LogP contribution is -2.15. The Bertz CT molecular complexity index is 646. The van der Waals surface area contributed by atoms with E-state index < -0.39 is 0 Å². The summed E-state index contributed by atoms with van der Waals surface area (Å²) in [5.41, 5.74) is 0.955. The van der Waals surface area contributed by atoms with Crippen molar-refractivity contribution in [1.82, 2.24) is 0 Å². The average molecular weight is 265 g/mol. The van der Waals surface area contributed by atoms with Crippen LogP contribution in [-0.2, 0) is 4.79 Å². The first-order chi connectivity index (χ1) is 9.84. The zero-order chi connectivity index (χ0) is 13.5. The van der Waals surface area contributed by atoms with Crippen molar-refractivity contribution in [2.45, 2.75) is 25.7 Å². The molecule has 0 spiro atoms. The number of fused-ring (bicyclic) bond motifs is 2. The number of anilines is 1. The number of carbonyl (C=O) groups is 1. The lowest BCUT2D eigenvalue weighted by atomic mass is 10.0. The molecule has 1 N–H and O–H groups in total. The topological polar surface area (TPSA) is 29.1 Å². The summed E-state index contributed by atoms with van der Waals surface area (Å²) in [7, 11) is 0. The summed E-state index contributed by atoms with van der Waals surface area (Å²) in [5, 5.41) is 5.47. The summed E-state index contributed by atoms with van der Waals surface area (Å²) < 4.78 is 0. The van der Waals surface area contributed by atoms with Crippen molar-refractivity contribution < 1.29 is 4.79 Å². The molecule has 20 heavy (non-hydrogen) atoms. The smallest absolute Gasteiger partial charge is 0.228 e. The van der Waals surface area contributed by atoms with Gasteiger partial charge in [0.1, 0.15) is 0 Å². The normalized spacial score (nSPS) is 27.9. The molecule has 2 aliphatic rings. The predicted octanol–water partition coefficient (Wildman–Crippen LogP) is 4.21. The molecular formula is C18H19NO. The summed E-state index contributed by atoms with van der Waals surface area (Å²) in [6.45, 7) is 0. The fourth-order valence-electron chi connectivity index (χ4n) is 3.93. The number of hydrogen-bond donors (Lipinski definition) is 1. The van der Waals surface area contributed by atoms with E-state index >= 15 is 0 Å². The van der Waals surface area contributed by atoms with Gasteiger partial charge in [-0.15, -0.1) is 0 Å². The molecule has 1 unspecified atom stereocenters. The molecular weight excluding hydrogens is 246 g/mol. The molecule has 2 heteroatoms. The van der Waals surface area contributed by atoms with Gasteiger partial charge in [0.25, 0.3) is 0 Å². The second-order valence-corrected chi connectivity index (χ2v) is 6.15. The van der Waals surface area contributed by atoms with Gasteiger partial charge in [-0.1, -0.05) is 49.2 Å². The maximum atomic E-state index is 12.5. The molecule has 0 heterocycles. The fraction of sp³-hybridized carbons (Fsp3) is 0.389. The molecule has 2 nitrogen and oxygen atoms in total. The van der Waals surface area contributed by atoms with Crippen molar-refractivity contribution in [3.05, 3.63) is 42.5 Å². The number of carbonyl (C=O) groups excluding carboxylic acids is 1. The van der Waals surface area contributed by atoms with Crippen molar-refractivity contribution in [1.29, 1.82) is 0 Å². The molecule has 0 aliphatic heterocycles. The van der Waals surface area contributed by atoms with E-state index in [1.165, 1.54) is 31.1 Å². The molecule has 2 aliphatic carbocycles. The van der Waals surface area contributed by atoms with Gasteiger partial charge in [0.2, 0.25) is 5.91 Å². The lowest BCUT2D eigenvalue weighted by Gasteiger charge is -2.08. The number of rotatable bonds is 2. The maximum absolute atomic E-state index is 12.5. The predicted molar refractivity (Wildman–Crippen MR) is 81.5 cm³/mol. The van der Waals surface area contributed by atoms with E-state index in [2.05, 4.69) is 23.5 Å². The molecule has 2 aromatic carbocycles.